The topological polar surface area (TPSA) is 50.5 Å². The fraction of sp³-hybridized carbons (Fsp3) is 0.438. The summed E-state index contributed by atoms with van der Waals surface area (Å²) in [5, 5.41) is 4.01. The van der Waals surface area contributed by atoms with Gasteiger partial charge in [-0.05, 0) is 26.7 Å². The Bertz CT molecular complexity index is 841. The number of thiazole rings is 2. The van der Waals surface area contributed by atoms with Crippen LogP contribution in [-0.2, 0) is 0 Å². The summed E-state index contributed by atoms with van der Waals surface area (Å²) >= 11 is 3.24. The number of carbonyl (C=O) groups excluding carboxylic acids is 1. The van der Waals surface area contributed by atoms with E-state index in [9.17, 15) is 4.79 Å². The van der Waals surface area contributed by atoms with Crippen molar-refractivity contribution in [3.63, 3.8) is 0 Å². The Labute approximate surface area is 142 Å². The molecule has 3 aromatic heterocycles. The van der Waals surface area contributed by atoms with E-state index in [0.29, 0.717) is 11.6 Å². The van der Waals surface area contributed by atoms with Gasteiger partial charge < -0.3 is 4.90 Å². The molecule has 4 rings (SSSR count). The highest BCUT2D eigenvalue weighted by Crippen LogP contribution is 2.34. The molecule has 1 aliphatic rings. The molecule has 0 N–H and O–H groups in total. The van der Waals surface area contributed by atoms with Crippen LogP contribution < -0.4 is 0 Å². The molecule has 0 bridgehead atoms. The third-order valence-electron chi connectivity index (χ3n) is 4.54. The Kier molecular flexibility index (Phi) is 3.69. The monoisotopic (exact) mass is 346 g/mol. The average Bonchev–Trinajstić information content (AvgIpc) is 3.27. The highest BCUT2D eigenvalue weighted by molar-refractivity contribution is 7.15. The van der Waals surface area contributed by atoms with E-state index in [1.54, 1.807) is 16.8 Å². The summed E-state index contributed by atoms with van der Waals surface area (Å²) in [7, 11) is 0. The SMILES string of the molecule is Cc1csc2c(C3CCN(C(=O)c4cscn4)CC3)nc(C)n12. The molecule has 1 fully saturated rings. The normalized spacial score (nSPS) is 16.3. The highest BCUT2D eigenvalue weighted by atomic mass is 32.1. The van der Waals surface area contributed by atoms with Crippen LogP contribution in [0.15, 0.2) is 16.3 Å². The number of aryl methyl sites for hydroxylation is 2. The molecule has 0 spiro atoms. The van der Waals surface area contributed by atoms with E-state index in [1.807, 2.05) is 10.3 Å². The van der Waals surface area contributed by atoms with E-state index >= 15 is 0 Å². The molecule has 23 heavy (non-hydrogen) atoms. The summed E-state index contributed by atoms with van der Waals surface area (Å²) in [5.41, 5.74) is 4.74. The van der Waals surface area contributed by atoms with Gasteiger partial charge in [0.15, 0.2) is 0 Å². The van der Waals surface area contributed by atoms with Crippen LogP contribution in [0.3, 0.4) is 0 Å². The van der Waals surface area contributed by atoms with Gasteiger partial charge in [-0.25, -0.2) is 9.97 Å². The molecule has 3 aromatic rings. The molecule has 0 unspecified atom stereocenters. The lowest BCUT2D eigenvalue weighted by Crippen LogP contribution is -2.38. The third kappa shape index (κ3) is 2.48. The molecule has 1 aliphatic heterocycles. The minimum Gasteiger partial charge on any atom is -0.337 e. The summed E-state index contributed by atoms with van der Waals surface area (Å²) in [5.74, 6) is 1.56. The summed E-state index contributed by atoms with van der Waals surface area (Å²) in [4.78, 5) is 24.5. The lowest BCUT2D eigenvalue weighted by atomic mass is 9.94. The van der Waals surface area contributed by atoms with E-state index < -0.39 is 0 Å². The third-order valence-corrected chi connectivity index (χ3v) is 6.20. The van der Waals surface area contributed by atoms with Gasteiger partial charge in [0.25, 0.3) is 5.91 Å². The predicted octanol–water partition coefficient (Wildman–Crippen LogP) is 3.49. The maximum Gasteiger partial charge on any atom is 0.273 e. The van der Waals surface area contributed by atoms with Crippen LogP contribution in [0.4, 0.5) is 0 Å². The molecular weight excluding hydrogens is 328 g/mol. The quantitative estimate of drug-likeness (QED) is 0.714. The second kappa shape index (κ2) is 5.72. The molecule has 0 saturated carbocycles. The van der Waals surface area contributed by atoms with Crippen molar-refractivity contribution >= 4 is 33.4 Å². The Morgan fingerprint density at radius 2 is 2.04 bits per heavy atom. The number of hydrogen-bond donors (Lipinski definition) is 0. The van der Waals surface area contributed by atoms with E-state index in [0.717, 1.165) is 31.8 Å². The van der Waals surface area contributed by atoms with Crippen LogP contribution in [0, 0.1) is 13.8 Å². The smallest absolute Gasteiger partial charge is 0.273 e. The zero-order chi connectivity index (χ0) is 16.0. The zero-order valence-electron chi connectivity index (χ0n) is 13.2. The van der Waals surface area contributed by atoms with Crippen molar-refractivity contribution in [3.05, 3.63) is 39.2 Å². The minimum atomic E-state index is 0.0582. The Balaban J connectivity index is 1.52. The number of aromatic nitrogens is 3. The van der Waals surface area contributed by atoms with Gasteiger partial charge in [0.05, 0.1) is 11.2 Å². The minimum absolute atomic E-state index is 0.0582. The van der Waals surface area contributed by atoms with Crippen LogP contribution >= 0.6 is 22.7 Å². The van der Waals surface area contributed by atoms with Crippen LogP contribution in [0.2, 0.25) is 0 Å². The average molecular weight is 346 g/mol. The van der Waals surface area contributed by atoms with Gasteiger partial charge in [-0.1, -0.05) is 0 Å². The Morgan fingerprint density at radius 3 is 2.74 bits per heavy atom. The molecule has 1 amide bonds. The number of nitrogens with zero attached hydrogens (tertiary/aromatic N) is 4. The predicted molar refractivity (Wildman–Crippen MR) is 92.5 cm³/mol. The van der Waals surface area contributed by atoms with Gasteiger partial charge in [0, 0.05) is 35.5 Å². The van der Waals surface area contributed by atoms with Gasteiger partial charge >= 0.3 is 0 Å². The second-order valence-corrected chi connectivity index (χ2v) is 7.58. The number of fused-ring (bicyclic) bond motifs is 1. The lowest BCUT2D eigenvalue weighted by molar-refractivity contribution is 0.0707. The fourth-order valence-corrected chi connectivity index (χ4v) is 4.99. The number of piperidine rings is 1. The molecule has 4 heterocycles. The number of carbonyl (C=O) groups is 1. The molecule has 1 saturated heterocycles. The number of hydrogen-bond acceptors (Lipinski definition) is 5. The molecule has 0 aromatic carbocycles. The van der Waals surface area contributed by atoms with Crippen molar-refractivity contribution in [1.82, 2.24) is 19.3 Å². The number of imidazole rings is 1. The van der Waals surface area contributed by atoms with Crippen molar-refractivity contribution < 1.29 is 4.79 Å². The van der Waals surface area contributed by atoms with Crippen molar-refractivity contribution in [2.24, 2.45) is 0 Å². The Morgan fingerprint density at radius 1 is 1.26 bits per heavy atom. The number of likely N-dealkylation sites (tertiary alicyclic amines) is 1. The standard InChI is InChI=1S/C16H18N4OS2/c1-10-7-23-16-14(18-11(2)20(10)16)12-3-5-19(6-4-12)15(21)13-8-22-9-17-13/h7-9,12H,3-6H2,1-2H3. The van der Waals surface area contributed by atoms with Crippen molar-refractivity contribution in [2.75, 3.05) is 13.1 Å². The second-order valence-electron chi connectivity index (χ2n) is 6.00. The largest absolute Gasteiger partial charge is 0.337 e. The van der Waals surface area contributed by atoms with Crippen LogP contribution in [0.25, 0.3) is 4.83 Å². The summed E-state index contributed by atoms with van der Waals surface area (Å²) in [6.45, 7) is 5.75. The van der Waals surface area contributed by atoms with Gasteiger partial charge in [0.1, 0.15) is 16.3 Å². The first kappa shape index (κ1) is 14.8. The summed E-state index contributed by atoms with van der Waals surface area (Å²) in [6.07, 6.45) is 1.94. The molecular formula is C16H18N4OS2. The van der Waals surface area contributed by atoms with E-state index in [2.05, 4.69) is 28.6 Å². The van der Waals surface area contributed by atoms with Crippen molar-refractivity contribution in [3.8, 4) is 0 Å². The molecule has 0 aliphatic carbocycles. The van der Waals surface area contributed by atoms with Crippen molar-refractivity contribution in [2.45, 2.75) is 32.6 Å². The zero-order valence-corrected chi connectivity index (χ0v) is 14.8. The maximum atomic E-state index is 12.4. The first-order valence-corrected chi connectivity index (χ1v) is 9.58. The van der Waals surface area contributed by atoms with E-state index in [4.69, 9.17) is 4.98 Å². The molecule has 0 radical (unpaired) electrons. The number of amides is 1. The van der Waals surface area contributed by atoms with Gasteiger partial charge in [-0.3, -0.25) is 9.20 Å². The first-order valence-electron chi connectivity index (χ1n) is 7.75. The van der Waals surface area contributed by atoms with Crippen LogP contribution in [0.1, 0.15) is 46.5 Å². The summed E-state index contributed by atoms with van der Waals surface area (Å²) < 4.78 is 2.24. The van der Waals surface area contributed by atoms with Gasteiger partial charge in [0.2, 0.25) is 0 Å². The van der Waals surface area contributed by atoms with Gasteiger partial charge in [-0.2, -0.15) is 0 Å². The fourth-order valence-electron chi connectivity index (χ4n) is 3.36. The molecule has 120 valence electrons. The number of rotatable bonds is 2. The highest BCUT2D eigenvalue weighted by Gasteiger charge is 2.28. The van der Waals surface area contributed by atoms with Crippen molar-refractivity contribution in [1.29, 1.82) is 0 Å². The molecule has 5 nitrogen and oxygen atoms in total. The Hall–Kier alpha value is -1.73. The summed E-state index contributed by atoms with van der Waals surface area (Å²) in [6, 6.07) is 0. The lowest BCUT2D eigenvalue weighted by Gasteiger charge is -2.30. The maximum absolute atomic E-state index is 12.4. The van der Waals surface area contributed by atoms with Crippen LogP contribution in [0.5, 0.6) is 0 Å². The van der Waals surface area contributed by atoms with E-state index in [1.165, 1.54) is 27.6 Å². The molecule has 7 heteroatoms. The van der Waals surface area contributed by atoms with Gasteiger partial charge in [-0.15, -0.1) is 22.7 Å². The first-order chi connectivity index (χ1) is 11.1. The van der Waals surface area contributed by atoms with E-state index in [-0.39, 0.29) is 5.91 Å². The molecule has 0 atom stereocenters. The van der Waals surface area contributed by atoms with Crippen LogP contribution in [-0.4, -0.2) is 38.3 Å².